The zero-order chi connectivity index (χ0) is 62.6. The molecule has 12 rings (SSSR count). The maximum absolute atomic E-state index is 13.6. The van der Waals surface area contributed by atoms with Crippen molar-refractivity contribution in [2.75, 3.05) is 60.6 Å². The second-order valence-electron chi connectivity index (χ2n) is 20.2. The lowest BCUT2D eigenvalue weighted by molar-refractivity contribution is 0.0674. The number of hydrogen-bond acceptors (Lipinski definition) is 19. The van der Waals surface area contributed by atoms with Gasteiger partial charge in [-0.1, -0.05) is 24.3 Å². The fraction of sp³-hybridized carbons (Fsp3) is 0.231. The number of carbonyl (C=O) groups is 2. The summed E-state index contributed by atoms with van der Waals surface area (Å²) in [5.41, 5.74) is 7.21. The number of aromatic nitrogens is 8. The predicted octanol–water partition coefficient (Wildman–Crippen LogP) is 10.7. The number of hydrogen-bond donors (Lipinski definition) is 2. The Hall–Kier alpha value is -10.7. The van der Waals surface area contributed by atoms with Crippen molar-refractivity contribution in [2.45, 2.75) is 44.2 Å². The summed E-state index contributed by atoms with van der Waals surface area (Å²) in [7, 11) is 6.26. The summed E-state index contributed by atoms with van der Waals surface area (Å²) in [6, 6.07) is 21.9. The van der Waals surface area contributed by atoms with E-state index in [0.29, 0.717) is 100 Å². The van der Waals surface area contributed by atoms with Gasteiger partial charge in [-0.2, -0.15) is 0 Å². The summed E-state index contributed by atoms with van der Waals surface area (Å²) < 4.78 is 74.4. The second-order valence-corrected chi connectivity index (χ2v) is 20.2. The molecule has 0 spiro atoms. The van der Waals surface area contributed by atoms with Crippen LogP contribution >= 0.6 is 0 Å². The number of carboxylic acid groups (broad SMARTS) is 1. The number of aromatic carboxylic acids is 1. The van der Waals surface area contributed by atoms with E-state index in [2.05, 4.69) is 29.9 Å². The molecule has 2 saturated heterocycles. The summed E-state index contributed by atoms with van der Waals surface area (Å²) in [4.78, 5) is 76.0. The predicted molar refractivity (Wildman–Crippen MR) is 324 cm³/mol. The molecule has 0 aliphatic carbocycles. The molecule has 0 saturated carbocycles. The second kappa shape index (κ2) is 28.2. The Morgan fingerprint density at radius 2 is 0.933 bits per heavy atom. The number of ether oxygens (including phenoxy) is 8. The molecule has 22 nitrogen and oxygen atoms in total. The topological polar surface area (TPSA) is 276 Å². The van der Waals surface area contributed by atoms with Crippen molar-refractivity contribution in [3.05, 3.63) is 196 Å². The van der Waals surface area contributed by atoms with Crippen molar-refractivity contribution < 1.29 is 61.4 Å². The highest BCUT2D eigenvalue weighted by Crippen LogP contribution is 2.39. The number of rotatable bonds is 16. The average molecular weight is 1210 g/mol. The van der Waals surface area contributed by atoms with Gasteiger partial charge in [0.25, 0.3) is 0 Å². The first-order valence-electron chi connectivity index (χ1n) is 27.9. The lowest BCUT2D eigenvalue weighted by Crippen LogP contribution is -2.25. The molecule has 2 fully saturated rings. The van der Waals surface area contributed by atoms with Crippen LogP contribution in [0.25, 0.3) is 44.1 Å². The quantitative estimate of drug-likeness (QED) is 0.0851. The van der Waals surface area contributed by atoms with Gasteiger partial charge in [0, 0.05) is 110 Å². The maximum atomic E-state index is 13.6. The summed E-state index contributed by atoms with van der Waals surface area (Å²) in [6.07, 6.45) is 18.4. The number of nitrogens with zero attached hydrogens (tertiary/aromatic N) is 8. The van der Waals surface area contributed by atoms with Gasteiger partial charge in [0.15, 0.2) is 45.7 Å². The van der Waals surface area contributed by atoms with E-state index >= 15 is 0 Å². The van der Waals surface area contributed by atoms with Gasteiger partial charge in [0.1, 0.15) is 34.5 Å². The van der Waals surface area contributed by atoms with E-state index in [9.17, 15) is 33.1 Å². The van der Waals surface area contributed by atoms with E-state index in [1.807, 2.05) is 10.6 Å². The molecule has 6 aromatic heterocycles. The zero-order valence-corrected chi connectivity index (χ0v) is 48.6. The molecule has 24 heteroatoms. The third-order valence-electron chi connectivity index (χ3n) is 14.7. The van der Waals surface area contributed by atoms with Crippen LogP contribution in [0, 0.1) is 11.6 Å². The van der Waals surface area contributed by atoms with Crippen LogP contribution in [0.5, 0.6) is 46.0 Å². The Kier molecular flexibility index (Phi) is 19.4. The molecular formula is C65H59F2N9O13. The Bertz CT molecular complexity index is 4280. The number of fused-ring (bicyclic) bond motifs is 2. The fourth-order valence-corrected chi connectivity index (χ4v) is 10.0. The SMILES string of the molecule is COc1cc2nccc(Oc3cnc(CC(=O)c4cn(C5CCOCC5)cc(-c5ccc(F)cc5)c4=O)nc3)c2cc1OC.COc1cc2nccc(Oc3cnc(N)nc3)c2cc1OC.O=C(O)c1cn(C2CCOCC2)cc(-c2ccc(F)cc2)c1=O. The van der Waals surface area contributed by atoms with Crippen LogP contribution < -0.4 is 45.0 Å². The van der Waals surface area contributed by atoms with Crippen molar-refractivity contribution >= 4 is 39.5 Å². The van der Waals surface area contributed by atoms with Crippen LogP contribution in [0.4, 0.5) is 14.7 Å². The molecule has 4 aromatic carbocycles. The molecule has 10 aromatic rings. The number of nitrogen functional groups attached to an aromatic ring is 1. The van der Waals surface area contributed by atoms with Crippen molar-refractivity contribution in [1.82, 2.24) is 39.0 Å². The third-order valence-corrected chi connectivity index (χ3v) is 14.7. The number of benzene rings is 4. The van der Waals surface area contributed by atoms with E-state index in [1.165, 1.54) is 79.5 Å². The van der Waals surface area contributed by atoms with Gasteiger partial charge in [0.2, 0.25) is 11.4 Å². The number of Topliss-reactive ketones (excluding diaryl/α,β-unsaturated/α-hetero) is 1. The Morgan fingerprint density at radius 1 is 0.539 bits per heavy atom. The highest BCUT2D eigenvalue weighted by molar-refractivity contribution is 5.98. The molecule has 0 atom stereocenters. The van der Waals surface area contributed by atoms with E-state index in [4.69, 9.17) is 43.6 Å². The first-order chi connectivity index (χ1) is 43.2. The summed E-state index contributed by atoms with van der Waals surface area (Å²) >= 11 is 0. The van der Waals surface area contributed by atoms with Crippen LogP contribution in [-0.2, 0) is 15.9 Å². The van der Waals surface area contributed by atoms with Gasteiger partial charge in [0.05, 0.1) is 76.2 Å². The van der Waals surface area contributed by atoms with Crippen LogP contribution in [-0.4, -0.2) is 111 Å². The van der Waals surface area contributed by atoms with Crippen molar-refractivity contribution in [2.24, 2.45) is 0 Å². The first kappa shape index (κ1) is 61.4. The molecule has 89 heavy (non-hydrogen) atoms. The standard InChI is InChI=1S/C33H29FN4O6.C17H16FNO4.C15H14N4O3/c1-41-30-13-24-27(14-31(30)42-2)35-10-7-29(24)44-23-16-36-32(37-17-23)15-28(39)26-19-38(22-8-11-43-12-9-22)18-25(33(26)40)20-3-5-21(34)6-4-20;18-12-3-1-11(2-4-12)14-9-19(13-5-7-23-8-6-13)10-15(16(14)20)17(21)22;1-20-13-5-10-11(6-14(13)21-2)17-4-3-12(10)22-9-7-18-15(16)19-8-9/h3-7,10,13-14,16-19,22H,8-9,11-12,15H2,1-2H3;1-4,9-10,13H,5-8H2,(H,21,22);3-8H,1-2H3,(H2,16,18,19). The van der Waals surface area contributed by atoms with Crippen molar-refractivity contribution in [1.29, 1.82) is 0 Å². The Morgan fingerprint density at radius 3 is 1.35 bits per heavy atom. The zero-order valence-electron chi connectivity index (χ0n) is 48.6. The number of nitrogens with two attached hydrogens (primary N) is 1. The van der Waals surface area contributed by atoms with Crippen molar-refractivity contribution in [3.63, 3.8) is 0 Å². The number of ketones is 1. The minimum absolute atomic E-state index is 0.0230. The molecule has 0 bridgehead atoms. The molecule has 0 amide bonds. The lowest BCUT2D eigenvalue weighted by atomic mass is 10.0. The number of carbonyl (C=O) groups excluding carboxylic acids is 1. The summed E-state index contributed by atoms with van der Waals surface area (Å²) in [5.74, 6) is 2.16. The van der Waals surface area contributed by atoms with Gasteiger partial charge in [-0.05, 0) is 85.3 Å². The Labute approximate surface area is 507 Å². The van der Waals surface area contributed by atoms with Crippen LogP contribution in [0.1, 0.15) is 64.3 Å². The number of carboxylic acids is 1. The normalized spacial score (nSPS) is 13.3. The number of methoxy groups -OCH3 is 4. The van der Waals surface area contributed by atoms with Gasteiger partial charge in [-0.25, -0.2) is 33.5 Å². The van der Waals surface area contributed by atoms with E-state index in [-0.39, 0.29) is 47.0 Å². The van der Waals surface area contributed by atoms with Gasteiger partial charge in [-0.15, -0.1) is 0 Å². The summed E-state index contributed by atoms with van der Waals surface area (Å²) in [5, 5.41) is 10.8. The molecule has 2 aliphatic rings. The minimum atomic E-state index is -1.26. The van der Waals surface area contributed by atoms with Crippen LogP contribution in [0.2, 0.25) is 0 Å². The summed E-state index contributed by atoms with van der Waals surface area (Å²) in [6.45, 7) is 2.38. The lowest BCUT2D eigenvalue weighted by Gasteiger charge is -2.26. The highest BCUT2D eigenvalue weighted by Gasteiger charge is 2.24. The maximum Gasteiger partial charge on any atom is 0.341 e. The van der Waals surface area contributed by atoms with Gasteiger partial charge >= 0.3 is 5.97 Å². The molecular weight excluding hydrogens is 1150 g/mol. The molecule has 2 aliphatic heterocycles. The third kappa shape index (κ3) is 14.6. The molecule has 3 N–H and O–H groups in total. The number of anilines is 1. The number of pyridine rings is 4. The smallest absolute Gasteiger partial charge is 0.341 e. The fourth-order valence-electron chi connectivity index (χ4n) is 10.0. The molecule has 0 radical (unpaired) electrons. The average Bonchev–Trinajstić information content (AvgIpc) is 3.31. The van der Waals surface area contributed by atoms with Crippen LogP contribution in [0.3, 0.4) is 0 Å². The molecule has 456 valence electrons. The Balaban J connectivity index is 0.000000163. The largest absolute Gasteiger partial charge is 0.493 e. The van der Waals surface area contributed by atoms with Crippen LogP contribution in [0.15, 0.2) is 156 Å². The monoisotopic (exact) mass is 1210 g/mol. The van der Waals surface area contributed by atoms with Crippen molar-refractivity contribution in [3.8, 4) is 68.2 Å². The molecule has 8 heterocycles. The van der Waals surface area contributed by atoms with Gasteiger partial charge in [-0.3, -0.25) is 24.4 Å². The number of halogens is 2. The minimum Gasteiger partial charge on any atom is -0.493 e. The van der Waals surface area contributed by atoms with E-state index in [0.717, 1.165) is 36.6 Å². The van der Waals surface area contributed by atoms with E-state index < -0.39 is 34.2 Å². The first-order valence-corrected chi connectivity index (χ1v) is 27.9. The van der Waals surface area contributed by atoms with Gasteiger partial charge < -0.3 is 57.9 Å². The van der Waals surface area contributed by atoms with E-state index in [1.54, 1.807) is 94.3 Å². The highest BCUT2D eigenvalue weighted by atomic mass is 19.1. The molecule has 0 unspecified atom stereocenters.